The van der Waals surface area contributed by atoms with Crippen LogP contribution in [0.25, 0.3) is 0 Å². The van der Waals surface area contributed by atoms with Gasteiger partial charge >= 0.3 is 0 Å². The van der Waals surface area contributed by atoms with Crippen LogP contribution in [-0.4, -0.2) is 48.1 Å². The largest absolute Gasteiger partial charge is 0.492 e. The van der Waals surface area contributed by atoms with E-state index >= 15 is 0 Å². The summed E-state index contributed by atoms with van der Waals surface area (Å²) in [6, 6.07) is 2.18. The normalized spacial score (nSPS) is 30.4. The van der Waals surface area contributed by atoms with Gasteiger partial charge in [-0.2, -0.15) is 0 Å². The van der Waals surface area contributed by atoms with Crippen molar-refractivity contribution in [1.82, 2.24) is 15.2 Å². The number of nitrogens with zero attached hydrogens (tertiary/aromatic N) is 2. The zero-order valence-electron chi connectivity index (χ0n) is 12.2. The van der Waals surface area contributed by atoms with Crippen molar-refractivity contribution in [3.8, 4) is 5.75 Å². The fourth-order valence-corrected chi connectivity index (χ4v) is 3.75. The molecule has 4 aliphatic rings. The van der Waals surface area contributed by atoms with E-state index in [9.17, 15) is 4.79 Å². The molecule has 21 heavy (non-hydrogen) atoms. The Morgan fingerprint density at radius 1 is 1.38 bits per heavy atom. The van der Waals surface area contributed by atoms with Gasteiger partial charge in [-0.05, 0) is 56.3 Å². The summed E-state index contributed by atoms with van der Waals surface area (Å²) in [7, 11) is 0. The van der Waals surface area contributed by atoms with Crippen LogP contribution in [0.1, 0.15) is 35.3 Å². The Hall–Kier alpha value is -1.62. The lowest BCUT2D eigenvalue weighted by Gasteiger charge is -2.44. The van der Waals surface area contributed by atoms with Crippen LogP contribution in [0.5, 0.6) is 5.75 Å². The van der Waals surface area contributed by atoms with Crippen molar-refractivity contribution in [2.45, 2.75) is 31.7 Å². The summed E-state index contributed by atoms with van der Waals surface area (Å²) in [6.07, 6.45) is 6.09. The summed E-state index contributed by atoms with van der Waals surface area (Å²) in [5, 5.41) is 3.19. The minimum Gasteiger partial charge on any atom is -0.492 e. The first-order valence-electron chi connectivity index (χ1n) is 7.94. The van der Waals surface area contributed by atoms with Gasteiger partial charge in [0.2, 0.25) is 0 Å². The average molecular weight is 287 g/mol. The van der Waals surface area contributed by atoms with Crippen molar-refractivity contribution >= 4 is 5.91 Å². The molecule has 112 valence electrons. The lowest BCUT2D eigenvalue weighted by atomic mass is 9.84. The van der Waals surface area contributed by atoms with Crippen LogP contribution in [0.2, 0.25) is 0 Å². The van der Waals surface area contributed by atoms with Gasteiger partial charge in [-0.15, -0.1) is 0 Å². The standard InChI is InChI=1S/C16H21N3O2/c20-16(18-14-10-19-5-3-11(14)4-6-19)13-8-12-2-1-7-21-15(12)9-17-13/h8-9,11,14H,1-7,10H2,(H,18,20). The molecule has 1 atom stereocenters. The van der Waals surface area contributed by atoms with Gasteiger partial charge in [-0.1, -0.05) is 0 Å². The molecule has 0 saturated carbocycles. The van der Waals surface area contributed by atoms with Crippen molar-refractivity contribution in [2.24, 2.45) is 5.92 Å². The quantitative estimate of drug-likeness (QED) is 0.889. The van der Waals surface area contributed by atoms with Gasteiger partial charge in [0.25, 0.3) is 5.91 Å². The number of carbonyl (C=O) groups is 1. The molecule has 1 unspecified atom stereocenters. The summed E-state index contributed by atoms with van der Waals surface area (Å²) in [6.45, 7) is 4.11. The molecule has 0 aliphatic carbocycles. The number of piperidine rings is 3. The minimum absolute atomic E-state index is 0.0397. The zero-order chi connectivity index (χ0) is 14.2. The lowest BCUT2D eigenvalue weighted by molar-refractivity contribution is 0.0617. The van der Waals surface area contributed by atoms with Crippen LogP contribution in [0.4, 0.5) is 0 Å². The molecular weight excluding hydrogens is 266 g/mol. The third-order valence-electron chi connectivity index (χ3n) is 5.00. The smallest absolute Gasteiger partial charge is 0.270 e. The second-order valence-corrected chi connectivity index (χ2v) is 6.35. The van der Waals surface area contributed by atoms with E-state index in [0.29, 0.717) is 11.6 Å². The topological polar surface area (TPSA) is 54.5 Å². The van der Waals surface area contributed by atoms with Gasteiger partial charge in [0.15, 0.2) is 0 Å². The fraction of sp³-hybridized carbons (Fsp3) is 0.625. The fourth-order valence-electron chi connectivity index (χ4n) is 3.75. The molecule has 4 aliphatic heterocycles. The van der Waals surface area contributed by atoms with E-state index in [1.165, 1.54) is 25.9 Å². The number of nitrogens with one attached hydrogen (secondary N) is 1. The maximum absolute atomic E-state index is 12.4. The van der Waals surface area contributed by atoms with E-state index in [1.807, 2.05) is 6.07 Å². The second-order valence-electron chi connectivity index (χ2n) is 6.35. The Balaban J connectivity index is 1.47. The van der Waals surface area contributed by atoms with Crippen LogP contribution in [0.3, 0.4) is 0 Å². The number of hydrogen-bond donors (Lipinski definition) is 1. The molecule has 1 aromatic heterocycles. The molecule has 5 heterocycles. The van der Waals surface area contributed by atoms with Gasteiger partial charge in [0.05, 0.1) is 12.8 Å². The monoisotopic (exact) mass is 287 g/mol. The first kappa shape index (κ1) is 13.1. The van der Waals surface area contributed by atoms with Crippen LogP contribution in [0.15, 0.2) is 12.3 Å². The van der Waals surface area contributed by atoms with E-state index in [4.69, 9.17) is 4.74 Å². The summed E-state index contributed by atoms with van der Waals surface area (Å²) < 4.78 is 5.55. The number of ether oxygens (including phenoxy) is 1. The predicted octanol–water partition coefficient (Wildman–Crippen LogP) is 1.23. The number of hydrogen-bond acceptors (Lipinski definition) is 4. The van der Waals surface area contributed by atoms with Crippen LogP contribution in [-0.2, 0) is 6.42 Å². The van der Waals surface area contributed by atoms with E-state index in [0.717, 1.165) is 37.3 Å². The molecule has 5 nitrogen and oxygen atoms in total. The van der Waals surface area contributed by atoms with Gasteiger partial charge in [-0.25, -0.2) is 4.98 Å². The molecule has 3 saturated heterocycles. The number of rotatable bonds is 2. The zero-order valence-corrected chi connectivity index (χ0v) is 12.2. The second kappa shape index (κ2) is 5.30. The number of fused-ring (bicyclic) bond motifs is 4. The highest BCUT2D eigenvalue weighted by Crippen LogP contribution is 2.28. The molecule has 3 fully saturated rings. The molecule has 1 aromatic rings. The van der Waals surface area contributed by atoms with Crippen molar-refractivity contribution in [3.63, 3.8) is 0 Å². The van der Waals surface area contributed by atoms with Crippen LogP contribution < -0.4 is 10.1 Å². The number of amides is 1. The van der Waals surface area contributed by atoms with Gasteiger partial charge in [0.1, 0.15) is 11.4 Å². The van der Waals surface area contributed by atoms with E-state index in [1.54, 1.807) is 6.20 Å². The van der Waals surface area contributed by atoms with E-state index in [2.05, 4.69) is 15.2 Å². The maximum atomic E-state index is 12.4. The number of aryl methyl sites for hydroxylation is 1. The number of pyridine rings is 1. The SMILES string of the molecule is O=C(NC1CN2CCC1CC2)c1cc2c(cn1)OCCC2. The van der Waals surface area contributed by atoms with Gasteiger partial charge in [-0.3, -0.25) is 4.79 Å². The van der Waals surface area contributed by atoms with Gasteiger partial charge < -0.3 is 15.0 Å². The van der Waals surface area contributed by atoms with Crippen molar-refractivity contribution in [1.29, 1.82) is 0 Å². The van der Waals surface area contributed by atoms with Gasteiger partial charge in [0, 0.05) is 12.6 Å². The van der Waals surface area contributed by atoms with Crippen molar-refractivity contribution in [2.75, 3.05) is 26.2 Å². The van der Waals surface area contributed by atoms with Crippen molar-refractivity contribution < 1.29 is 9.53 Å². The Morgan fingerprint density at radius 3 is 3.00 bits per heavy atom. The average Bonchev–Trinajstić information content (AvgIpc) is 2.55. The molecular formula is C16H21N3O2. The summed E-state index contributed by atoms with van der Waals surface area (Å²) in [5.41, 5.74) is 1.63. The molecule has 5 rings (SSSR count). The third kappa shape index (κ3) is 2.50. The lowest BCUT2D eigenvalue weighted by Crippen LogP contribution is -2.57. The molecule has 1 amide bonds. The Kier molecular flexibility index (Phi) is 3.30. The number of aromatic nitrogens is 1. The summed E-state index contributed by atoms with van der Waals surface area (Å²) in [5.74, 6) is 1.43. The predicted molar refractivity (Wildman–Crippen MR) is 78.5 cm³/mol. The van der Waals surface area contributed by atoms with E-state index < -0.39 is 0 Å². The maximum Gasteiger partial charge on any atom is 0.270 e. The summed E-state index contributed by atoms with van der Waals surface area (Å²) in [4.78, 5) is 19.2. The number of carbonyl (C=O) groups excluding carboxylic acids is 1. The third-order valence-corrected chi connectivity index (χ3v) is 5.00. The molecule has 2 bridgehead atoms. The van der Waals surface area contributed by atoms with Crippen molar-refractivity contribution in [3.05, 3.63) is 23.5 Å². The highest BCUT2D eigenvalue weighted by Gasteiger charge is 2.35. The first-order chi connectivity index (χ1) is 10.3. The molecule has 0 spiro atoms. The first-order valence-corrected chi connectivity index (χ1v) is 7.94. The summed E-state index contributed by atoms with van der Waals surface area (Å²) >= 11 is 0. The van der Waals surface area contributed by atoms with Crippen LogP contribution >= 0.6 is 0 Å². The molecule has 0 radical (unpaired) electrons. The minimum atomic E-state index is -0.0397. The van der Waals surface area contributed by atoms with E-state index in [-0.39, 0.29) is 11.9 Å². The Morgan fingerprint density at radius 2 is 2.24 bits per heavy atom. The van der Waals surface area contributed by atoms with Crippen LogP contribution in [0, 0.1) is 5.92 Å². The molecule has 5 heteroatoms. The Labute approximate surface area is 124 Å². The molecule has 0 aromatic carbocycles. The highest BCUT2D eigenvalue weighted by molar-refractivity contribution is 5.92. The highest BCUT2D eigenvalue weighted by atomic mass is 16.5. The molecule has 1 N–H and O–H groups in total. The Bertz CT molecular complexity index is 552.